The second kappa shape index (κ2) is 11.6. The maximum Gasteiger partial charge on any atom is 0.295 e. The van der Waals surface area contributed by atoms with Crippen LogP contribution in [0.3, 0.4) is 0 Å². The van der Waals surface area contributed by atoms with Gasteiger partial charge in [-0.2, -0.15) is 0 Å². The van der Waals surface area contributed by atoms with Crippen LogP contribution in [0.5, 0.6) is 17.2 Å². The molecule has 1 N–H and O–H groups in total. The van der Waals surface area contributed by atoms with Crippen LogP contribution >= 0.6 is 11.6 Å². The fourth-order valence-electron chi connectivity index (χ4n) is 4.43. The lowest BCUT2D eigenvalue weighted by Crippen LogP contribution is -2.29. The van der Waals surface area contributed by atoms with E-state index in [1.54, 1.807) is 55.6 Å². The van der Waals surface area contributed by atoms with Gasteiger partial charge in [0.25, 0.3) is 11.7 Å². The predicted octanol–water partition coefficient (Wildman–Crippen LogP) is 6.16. The number of likely N-dealkylation sites (tertiary alicyclic amines) is 1. The van der Waals surface area contributed by atoms with Gasteiger partial charge in [0.15, 0.2) is 0 Å². The molecule has 0 radical (unpaired) electrons. The number of carbonyl (C=O) groups is 2. The van der Waals surface area contributed by atoms with E-state index in [0.29, 0.717) is 29.4 Å². The maximum atomic E-state index is 13.5. The van der Waals surface area contributed by atoms with Gasteiger partial charge in [-0.1, -0.05) is 35.9 Å². The van der Waals surface area contributed by atoms with Crippen molar-refractivity contribution >= 4 is 29.1 Å². The predicted molar refractivity (Wildman–Crippen MR) is 146 cm³/mol. The minimum atomic E-state index is -0.875. The van der Waals surface area contributed by atoms with E-state index < -0.39 is 17.7 Å². The van der Waals surface area contributed by atoms with Crippen molar-refractivity contribution in [3.63, 3.8) is 0 Å². The highest BCUT2D eigenvalue weighted by Crippen LogP contribution is 2.42. The lowest BCUT2D eigenvalue weighted by molar-refractivity contribution is -0.140. The van der Waals surface area contributed by atoms with E-state index in [0.717, 1.165) is 5.56 Å². The summed E-state index contributed by atoms with van der Waals surface area (Å²) in [5.74, 6) is -0.144. The van der Waals surface area contributed by atoms with E-state index in [2.05, 4.69) is 0 Å². The average molecular weight is 536 g/mol. The van der Waals surface area contributed by atoms with Crippen molar-refractivity contribution in [2.24, 2.45) is 0 Å². The number of ether oxygens (including phenoxy) is 3. The van der Waals surface area contributed by atoms with Gasteiger partial charge >= 0.3 is 0 Å². The molecule has 0 bridgehead atoms. The third-order valence-electron chi connectivity index (χ3n) is 6.10. The molecule has 3 aromatic rings. The number of hydrogen-bond donors (Lipinski definition) is 1. The number of ketones is 1. The molecule has 1 atom stereocenters. The molecule has 1 unspecified atom stereocenters. The Morgan fingerprint density at radius 2 is 1.71 bits per heavy atom. The van der Waals surface area contributed by atoms with Gasteiger partial charge < -0.3 is 24.2 Å². The van der Waals surface area contributed by atoms with Gasteiger partial charge in [0, 0.05) is 12.1 Å². The van der Waals surface area contributed by atoms with Crippen molar-refractivity contribution in [2.75, 3.05) is 13.7 Å². The summed E-state index contributed by atoms with van der Waals surface area (Å²) in [5, 5.41) is 11.7. The molecule has 1 aliphatic rings. The number of benzene rings is 3. The Morgan fingerprint density at radius 3 is 2.37 bits per heavy atom. The monoisotopic (exact) mass is 535 g/mol. The fraction of sp³-hybridized carbons (Fsp3) is 0.267. The number of nitrogens with zero attached hydrogens (tertiary/aromatic N) is 1. The molecule has 1 aliphatic heterocycles. The van der Waals surface area contributed by atoms with Crippen LogP contribution in [0, 0.1) is 0 Å². The number of aliphatic hydroxyl groups excluding tert-OH is 1. The topological polar surface area (TPSA) is 85.3 Å². The Bertz CT molecular complexity index is 1370. The third kappa shape index (κ3) is 5.63. The average Bonchev–Trinajstić information content (AvgIpc) is 3.14. The number of aliphatic hydroxyl groups is 1. The van der Waals surface area contributed by atoms with Crippen LogP contribution < -0.4 is 14.2 Å². The van der Waals surface area contributed by atoms with E-state index in [-0.39, 0.29) is 34.6 Å². The molecule has 0 spiro atoms. The summed E-state index contributed by atoms with van der Waals surface area (Å²) in [6, 6.07) is 18.4. The van der Waals surface area contributed by atoms with E-state index in [4.69, 9.17) is 25.8 Å². The van der Waals surface area contributed by atoms with Crippen molar-refractivity contribution < 1.29 is 28.9 Å². The standard InChI is InChI=1S/C30H30ClNO6/c1-5-37-22-13-14-25(31)24(16-22)28(33)26-27(20-7-6-8-23(15-20)38-18(2)3)32(30(35)29(26)34)17-19-9-11-21(36-4)12-10-19/h6-16,18,27,33H,5,17H2,1-4H3/b28-26+. The van der Waals surface area contributed by atoms with Crippen LogP contribution in [0.4, 0.5) is 0 Å². The summed E-state index contributed by atoms with van der Waals surface area (Å²) >= 11 is 6.43. The summed E-state index contributed by atoms with van der Waals surface area (Å²) in [4.78, 5) is 28.3. The van der Waals surface area contributed by atoms with Crippen molar-refractivity contribution in [1.82, 2.24) is 4.90 Å². The first-order chi connectivity index (χ1) is 18.2. The SMILES string of the molecule is CCOc1ccc(Cl)c(/C(O)=C2\C(=O)C(=O)N(Cc3ccc(OC)cc3)C2c2cccc(OC(C)C)c2)c1. The van der Waals surface area contributed by atoms with Crippen LogP contribution in [0.2, 0.25) is 5.02 Å². The molecular formula is C30H30ClNO6. The highest BCUT2D eigenvalue weighted by molar-refractivity contribution is 6.47. The molecule has 0 saturated carbocycles. The van der Waals surface area contributed by atoms with Gasteiger partial charge in [-0.05, 0) is 74.4 Å². The molecular weight excluding hydrogens is 506 g/mol. The van der Waals surface area contributed by atoms with Gasteiger partial charge in [0.05, 0.1) is 36.5 Å². The number of rotatable bonds is 9. The zero-order valence-corrected chi connectivity index (χ0v) is 22.5. The zero-order valence-electron chi connectivity index (χ0n) is 21.7. The summed E-state index contributed by atoms with van der Waals surface area (Å²) in [6.45, 7) is 6.21. The number of hydrogen-bond acceptors (Lipinski definition) is 6. The molecule has 1 heterocycles. The fourth-order valence-corrected chi connectivity index (χ4v) is 4.64. The molecule has 7 nitrogen and oxygen atoms in total. The Balaban J connectivity index is 1.87. The number of Topliss-reactive ketones (excluding diaryl/α,β-unsaturated/α-hetero) is 1. The number of carbonyl (C=O) groups excluding carboxylic acids is 2. The Kier molecular flexibility index (Phi) is 8.27. The van der Waals surface area contributed by atoms with Crippen LogP contribution in [0.15, 0.2) is 72.3 Å². The van der Waals surface area contributed by atoms with E-state index >= 15 is 0 Å². The molecule has 1 saturated heterocycles. The summed E-state index contributed by atoms with van der Waals surface area (Å²) in [5.41, 5.74) is 1.57. The van der Waals surface area contributed by atoms with Crippen molar-refractivity contribution in [3.8, 4) is 17.2 Å². The first-order valence-electron chi connectivity index (χ1n) is 12.3. The normalized spacial score (nSPS) is 16.7. The van der Waals surface area contributed by atoms with Gasteiger partial charge in [-0.25, -0.2) is 0 Å². The van der Waals surface area contributed by atoms with Crippen LogP contribution in [-0.4, -0.2) is 41.5 Å². The van der Waals surface area contributed by atoms with E-state index in [1.807, 2.05) is 39.0 Å². The minimum Gasteiger partial charge on any atom is -0.507 e. The summed E-state index contributed by atoms with van der Waals surface area (Å²) in [7, 11) is 1.57. The number of halogens is 1. The van der Waals surface area contributed by atoms with Crippen LogP contribution in [-0.2, 0) is 16.1 Å². The minimum absolute atomic E-state index is 0.0549. The lowest BCUT2D eigenvalue weighted by Gasteiger charge is -2.26. The Labute approximate surface area is 227 Å². The highest BCUT2D eigenvalue weighted by Gasteiger charge is 2.46. The summed E-state index contributed by atoms with van der Waals surface area (Å²) in [6.07, 6.45) is -0.0731. The van der Waals surface area contributed by atoms with Crippen molar-refractivity contribution in [2.45, 2.75) is 39.5 Å². The molecule has 0 aromatic heterocycles. The van der Waals surface area contributed by atoms with Gasteiger partial charge in [-0.3, -0.25) is 9.59 Å². The van der Waals surface area contributed by atoms with E-state index in [9.17, 15) is 14.7 Å². The molecule has 198 valence electrons. The van der Waals surface area contributed by atoms with E-state index in [1.165, 1.54) is 4.90 Å². The molecule has 4 rings (SSSR count). The first-order valence-corrected chi connectivity index (χ1v) is 12.7. The quantitative estimate of drug-likeness (QED) is 0.201. The van der Waals surface area contributed by atoms with Crippen molar-refractivity contribution in [3.05, 3.63) is 94.0 Å². The number of methoxy groups -OCH3 is 1. The Hall–Kier alpha value is -3.97. The third-order valence-corrected chi connectivity index (χ3v) is 6.43. The second-order valence-electron chi connectivity index (χ2n) is 9.09. The smallest absolute Gasteiger partial charge is 0.295 e. The molecule has 38 heavy (non-hydrogen) atoms. The zero-order chi connectivity index (χ0) is 27.4. The highest BCUT2D eigenvalue weighted by atomic mass is 35.5. The molecule has 1 amide bonds. The number of amides is 1. The van der Waals surface area contributed by atoms with Crippen LogP contribution in [0.25, 0.3) is 5.76 Å². The molecule has 0 aliphatic carbocycles. The molecule has 8 heteroatoms. The largest absolute Gasteiger partial charge is 0.507 e. The van der Waals surface area contributed by atoms with Crippen LogP contribution in [0.1, 0.15) is 43.5 Å². The van der Waals surface area contributed by atoms with Gasteiger partial charge in [0.1, 0.15) is 23.0 Å². The maximum absolute atomic E-state index is 13.5. The van der Waals surface area contributed by atoms with Crippen molar-refractivity contribution in [1.29, 1.82) is 0 Å². The first kappa shape index (κ1) is 27.1. The second-order valence-corrected chi connectivity index (χ2v) is 9.50. The molecule has 3 aromatic carbocycles. The van der Waals surface area contributed by atoms with Gasteiger partial charge in [0.2, 0.25) is 0 Å². The molecule has 1 fully saturated rings. The summed E-state index contributed by atoms with van der Waals surface area (Å²) < 4.78 is 16.7. The lowest BCUT2D eigenvalue weighted by atomic mass is 9.95. The van der Waals surface area contributed by atoms with Gasteiger partial charge in [-0.15, -0.1) is 0 Å². The Morgan fingerprint density at radius 1 is 1.00 bits per heavy atom.